The first-order valence-corrected chi connectivity index (χ1v) is 7.72. The molecule has 0 saturated heterocycles. The second-order valence-corrected chi connectivity index (χ2v) is 5.58. The maximum absolute atomic E-state index is 6.08. The number of fused-ring (bicyclic) bond motifs is 3. The fraction of sp³-hybridized carbons (Fsp3) is 0.150. The highest BCUT2D eigenvalue weighted by Gasteiger charge is 2.12. The van der Waals surface area contributed by atoms with Crippen molar-refractivity contribution in [3.05, 3.63) is 66.4 Å². The highest BCUT2D eigenvalue weighted by atomic mass is 16.3. The van der Waals surface area contributed by atoms with Crippen molar-refractivity contribution in [2.24, 2.45) is 0 Å². The molecule has 4 aromatic rings. The third-order valence-corrected chi connectivity index (χ3v) is 4.04. The summed E-state index contributed by atoms with van der Waals surface area (Å²) in [5.41, 5.74) is 5.14. The van der Waals surface area contributed by atoms with Crippen LogP contribution >= 0.6 is 0 Å². The summed E-state index contributed by atoms with van der Waals surface area (Å²) in [4.78, 5) is 4.63. The molecule has 108 valence electrons. The van der Waals surface area contributed by atoms with E-state index in [-0.39, 0.29) is 0 Å². The van der Waals surface area contributed by atoms with Gasteiger partial charge in [0.1, 0.15) is 11.2 Å². The summed E-state index contributed by atoms with van der Waals surface area (Å²) in [6, 6.07) is 18.7. The topological polar surface area (TPSA) is 26.0 Å². The summed E-state index contributed by atoms with van der Waals surface area (Å²) in [6.07, 6.45) is 4.18. The molecule has 0 aliphatic carbocycles. The molecule has 2 heterocycles. The number of benzene rings is 2. The molecule has 0 unspecified atom stereocenters. The Kier molecular flexibility index (Phi) is 3.15. The lowest BCUT2D eigenvalue weighted by Gasteiger charge is -2.03. The Hall–Kier alpha value is -2.61. The van der Waals surface area contributed by atoms with E-state index in [0.29, 0.717) is 0 Å². The first-order chi connectivity index (χ1) is 10.9. The van der Waals surface area contributed by atoms with Gasteiger partial charge in [-0.1, -0.05) is 49.7 Å². The third-order valence-electron chi connectivity index (χ3n) is 4.04. The lowest BCUT2D eigenvalue weighted by Crippen LogP contribution is -1.88. The van der Waals surface area contributed by atoms with Crippen molar-refractivity contribution in [3.63, 3.8) is 0 Å². The zero-order chi connectivity index (χ0) is 14.9. The Morgan fingerprint density at radius 2 is 1.77 bits per heavy atom. The molecule has 2 aromatic heterocycles. The maximum atomic E-state index is 6.08. The summed E-state index contributed by atoms with van der Waals surface area (Å²) in [7, 11) is 0. The Morgan fingerprint density at radius 1 is 0.909 bits per heavy atom. The molecule has 0 atom stereocenters. The SMILES string of the molecule is CCCc1ccc(-c2cccc3c2oc2ccccc23)nc1. The van der Waals surface area contributed by atoms with Gasteiger partial charge in [-0.05, 0) is 30.2 Å². The first-order valence-electron chi connectivity index (χ1n) is 7.72. The quantitative estimate of drug-likeness (QED) is 0.490. The fourth-order valence-electron chi connectivity index (χ4n) is 2.97. The minimum atomic E-state index is 0.916. The van der Waals surface area contributed by atoms with Gasteiger partial charge in [0.25, 0.3) is 0 Å². The Balaban J connectivity index is 1.91. The van der Waals surface area contributed by atoms with E-state index >= 15 is 0 Å². The van der Waals surface area contributed by atoms with E-state index in [0.717, 1.165) is 46.0 Å². The molecule has 2 nitrogen and oxygen atoms in total. The molecule has 4 rings (SSSR count). The molecule has 0 aliphatic rings. The van der Waals surface area contributed by atoms with Crippen molar-refractivity contribution in [2.75, 3.05) is 0 Å². The number of para-hydroxylation sites is 2. The van der Waals surface area contributed by atoms with E-state index in [4.69, 9.17) is 4.42 Å². The standard InChI is InChI=1S/C20H17NO/c1-2-6-14-11-12-18(21-13-14)17-9-5-8-16-15-7-3-4-10-19(15)22-20(16)17/h3-5,7-13H,2,6H2,1H3. The van der Waals surface area contributed by atoms with Gasteiger partial charge in [0.2, 0.25) is 0 Å². The number of aryl methyl sites for hydroxylation is 1. The zero-order valence-electron chi connectivity index (χ0n) is 12.5. The summed E-state index contributed by atoms with van der Waals surface area (Å²) >= 11 is 0. The molecule has 0 saturated carbocycles. The van der Waals surface area contributed by atoms with Gasteiger partial charge in [0, 0.05) is 22.5 Å². The van der Waals surface area contributed by atoms with E-state index < -0.39 is 0 Å². The minimum absolute atomic E-state index is 0.916. The van der Waals surface area contributed by atoms with E-state index in [1.165, 1.54) is 5.56 Å². The largest absolute Gasteiger partial charge is 0.455 e. The van der Waals surface area contributed by atoms with Gasteiger partial charge >= 0.3 is 0 Å². The highest BCUT2D eigenvalue weighted by molar-refractivity contribution is 6.09. The monoisotopic (exact) mass is 287 g/mol. The summed E-state index contributed by atoms with van der Waals surface area (Å²) in [5.74, 6) is 0. The van der Waals surface area contributed by atoms with E-state index in [2.05, 4.69) is 48.3 Å². The molecule has 2 heteroatoms. The smallest absolute Gasteiger partial charge is 0.144 e. The second kappa shape index (κ2) is 5.30. The van der Waals surface area contributed by atoms with Crippen molar-refractivity contribution in [2.45, 2.75) is 19.8 Å². The predicted octanol–water partition coefficient (Wildman–Crippen LogP) is 5.60. The summed E-state index contributed by atoms with van der Waals surface area (Å²) in [5, 5.41) is 2.30. The van der Waals surface area contributed by atoms with Crippen molar-refractivity contribution in [3.8, 4) is 11.3 Å². The number of hydrogen-bond acceptors (Lipinski definition) is 2. The van der Waals surface area contributed by atoms with Crippen LogP contribution in [0, 0.1) is 0 Å². The number of hydrogen-bond donors (Lipinski definition) is 0. The van der Waals surface area contributed by atoms with Crippen molar-refractivity contribution < 1.29 is 4.42 Å². The molecular formula is C20H17NO. The van der Waals surface area contributed by atoms with Gasteiger partial charge in [0.15, 0.2) is 0 Å². The van der Waals surface area contributed by atoms with Crippen LogP contribution in [0.15, 0.2) is 65.2 Å². The Morgan fingerprint density at radius 3 is 2.59 bits per heavy atom. The normalized spacial score (nSPS) is 11.3. The second-order valence-electron chi connectivity index (χ2n) is 5.58. The van der Waals surface area contributed by atoms with Crippen LogP contribution < -0.4 is 0 Å². The van der Waals surface area contributed by atoms with Crippen LogP contribution in [-0.2, 0) is 6.42 Å². The van der Waals surface area contributed by atoms with Gasteiger partial charge in [-0.3, -0.25) is 4.98 Å². The summed E-state index contributed by atoms with van der Waals surface area (Å²) < 4.78 is 6.08. The predicted molar refractivity (Wildman–Crippen MR) is 90.9 cm³/mol. The van der Waals surface area contributed by atoms with Gasteiger partial charge in [-0.15, -0.1) is 0 Å². The lowest BCUT2D eigenvalue weighted by molar-refractivity contribution is 0.670. The third kappa shape index (κ3) is 2.08. The molecule has 2 aromatic carbocycles. The van der Waals surface area contributed by atoms with E-state index in [1.807, 2.05) is 24.4 Å². The zero-order valence-corrected chi connectivity index (χ0v) is 12.5. The van der Waals surface area contributed by atoms with Crippen molar-refractivity contribution >= 4 is 21.9 Å². The van der Waals surface area contributed by atoms with Crippen LogP contribution in [0.5, 0.6) is 0 Å². The number of aromatic nitrogens is 1. The van der Waals surface area contributed by atoms with Crippen LogP contribution in [-0.4, -0.2) is 4.98 Å². The minimum Gasteiger partial charge on any atom is -0.455 e. The lowest BCUT2D eigenvalue weighted by atomic mass is 10.1. The Labute approximate surface area is 129 Å². The maximum Gasteiger partial charge on any atom is 0.144 e. The van der Waals surface area contributed by atoms with Gasteiger partial charge in [-0.25, -0.2) is 0 Å². The van der Waals surface area contributed by atoms with Gasteiger partial charge < -0.3 is 4.42 Å². The van der Waals surface area contributed by atoms with E-state index in [1.54, 1.807) is 0 Å². The highest BCUT2D eigenvalue weighted by Crippen LogP contribution is 2.34. The van der Waals surface area contributed by atoms with Crippen molar-refractivity contribution in [1.29, 1.82) is 0 Å². The molecule has 0 amide bonds. The molecule has 0 bridgehead atoms. The van der Waals surface area contributed by atoms with Gasteiger partial charge in [0.05, 0.1) is 5.69 Å². The molecular weight excluding hydrogens is 270 g/mol. The fourth-order valence-corrected chi connectivity index (χ4v) is 2.97. The van der Waals surface area contributed by atoms with Crippen LogP contribution in [0.2, 0.25) is 0 Å². The van der Waals surface area contributed by atoms with Crippen molar-refractivity contribution in [1.82, 2.24) is 4.98 Å². The van der Waals surface area contributed by atoms with Gasteiger partial charge in [-0.2, -0.15) is 0 Å². The number of rotatable bonds is 3. The number of furan rings is 1. The average Bonchev–Trinajstić information content (AvgIpc) is 2.95. The van der Waals surface area contributed by atoms with Crippen LogP contribution in [0.4, 0.5) is 0 Å². The molecule has 0 N–H and O–H groups in total. The molecule has 0 fully saturated rings. The van der Waals surface area contributed by atoms with E-state index in [9.17, 15) is 0 Å². The summed E-state index contributed by atoms with van der Waals surface area (Å²) in [6.45, 7) is 2.18. The molecule has 0 radical (unpaired) electrons. The molecule has 0 aliphatic heterocycles. The number of pyridine rings is 1. The van der Waals surface area contributed by atoms with Crippen LogP contribution in [0.3, 0.4) is 0 Å². The molecule has 22 heavy (non-hydrogen) atoms. The average molecular weight is 287 g/mol. The number of nitrogens with zero attached hydrogens (tertiary/aromatic N) is 1. The van der Waals surface area contributed by atoms with Crippen LogP contribution in [0.1, 0.15) is 18.9 Å². The Bertz CT molecular complexity index is 935. The van der Waals surface area contributed by atoms with Crippen LogP contribution in [0.25, 0.3) is 33.2 Å². The molecule has 0 spiro atoms. The first kappa shape index (κ1) is 13.1.